The maximum atomic E-state index is 13.3. The molecule has 0 aliphatic carbocycles. The highest BCUT2D eigenvalue weighted by Crippen LogP contribution is 2.40. The van der Waals surface area contributed by atoms with Crippen molar-refractivity contribution in [3.63, 3.8) is 0 Å². The lowest BCUT2D eigenvalue weighted by Crippen LogP contribution is -2.27. The van der Waals surface area contributed by atoms with Gasteiger partial charge in [-0.2, -0.15) is 0 Å². The van der Waals surface area contributed by atoms with Crippen LogP contribution in [0.2, 0.25) is 0 Å². The topological polar surface area (TPSA) is 221 Å². The molecule has 0 unspecified atom stereocenters. The Bertz CT molecular complexity index is 3440. The van der Waals surface area contributed by atoms with E-state index in [0.29, 0.717) is 109 Å². The minimum Gasteiger partial charge on any atom is -0.444 e. The summed E-state index contributed by atoms with van der Waals surface area (Å²) in [6, 6.07) is 24.6. The van der Waals surface area contributed by atoms with Crippen LogP contribution in [0.15, 0.2) is 104 Å². The van der Waals surface area contributed by atoms with E-state index in [-0.39, 0.29) is 59.6 Å². The molecule has 2 aromatic heterocycles. The van der Waals surface area contributed by atoms with E-state index in [2.05, 4.69) is 21.3 Å². The van der Waals surface area contributed by atoms with E-state index in [1.54, 1.807) is 43.2 Å². The van der Waals surface area contributed by atoms with Crippen LogP contribution in [-0.2, 0) is 43.5 Å². The molecule has 6 aliphatic rings. The number of rotatable bonds is 15. The second kappa shape index (κ2) is 19.3. The van der Waals surface area contributed by atoms with Gasteiger partial charge in [0.05, 0.1) is 59.1 Å². The molecule has 2 saturated heterocycles. The van der Waals surface area contributed by atoms with Gasteiger partial charge in [0, 0.05) is 57.2 Å². The molecule has 0 spiro atoms. The fraction of sp³-hybridized carbons (Fsp3) is 0.327. The van der Waals surface area contributed by atoms with Crippen LogP contribution in [0.1, 0.15) is 54.5 Å². The van der Waals surface area contributed by atoms with E-state index >= 15 is 0 Å². The summed E-state index contributed by atoms with van der Waals surface area (Å²) in [5, 5.41) is 14.3. The smallest absolute Gasteiger partial charge is 0.444 e. The van der Waals surface area contributed by atoms with Crippen molar-refractivity contribution in [1.29, 1.82) is 0 Å². The Morgan fingerprint density at radius 2 is 1.14 bits per heavy atom. The van der Waals surface area contributed by atoms with Gasteiger partial charge < -0.3 is 49.3 Å². The molecule has 73 heavy (non-hydrogen) atoms. The molecule has 0 radical (unpaired) electrons. The van der Waals surface area contributed by atoms with E-state index in [0.717, 1.165) is 38.2 Å². The lowest BCUT2D eigenvalue weighted by Gasteiger charge is -2.20. The van der Waals surface area contributed by atoms with E-state index < -0.39 is 18.3 Å². The van der Waals surface area contributed by atoms with Crippen LogP contribution in [0.25, 0.3) is 21.8 Å². The van der Waals surface area contributed by atoms with E-state index in [1.165, 1.54) is 35.7 Å². The summed E-state index contributed by atoms with van der Waals surface area (Å²) < 4.78 is 26.3. The molecule has 6 aliphatic heterocycles. The zero-order valence-corrected chi connectivity index (χ0v) is 40.8. The molecule has 8 heterocycles. The zero-order valence-electron chi connectivity index (χ0n) is 39.2. The fourth-order valence-corrected chi connectivity index (χ4v) is 12.3. The molecular weight excluding hydrogens is 977 g/mol. The molecule has 21 heteroatoms. The highest BCUT2D eigenvalue weighted by molar-refractivity contribution is 8.00. The molecule has 4 amide bonds. The SMILES string of the molecule is O=C1CSc2ccc(N3C[C@H](CCCN[C@H]4Cn5c(=O)ccc6c(COC(=O)Oc7ccc8c9c7ccc(=O)n9C[C@@H]8NCCC[C@H]7CN(c8ccc9c(c8)NC(=O)CS9)C(=O)O7)ccc4c65)OC3=O)cc2N1. The number of anilines is 4. The lowest BCUT2D eigenvalue weighted by atomic mass is 10.0. The lowest BCUT2D eigenvalue weighted by molar-refractivity contribution is -0.114. The highest BCUT2D eigenvalue weighted by atomic mass is 32.2. The van der Waals surface area contributed by atoms with Crippen LogP contribution in [-0.4, -0.2) is 89.2 Å². The van der Waals surface area contributed by atoms with Crippen LogP contribution in [0, 0.1) is 0 Å². The molecule has 0 saturated carbocycles. The van der Waals surface area contributed by atoms with Crippen molar-refractivity contribution in [2.45, 2.75) is 79.5 Å². The van der Waals surface area contributed by atoms with Crippen molar-refractivity contribution in [3.05, 3.63) is 122 Å². The molecule has 2 fully saturated rings. The Hall–Kier alpha value is -7.33. The number of benzene rings is 4. The van der Waals surface area contributed by atoms with Crippen LogP contribution < -0.4 is 46.9 Å². The van der Waals surface area contributed by atoms with E-state index in [1.807, 2.05) is 48.5 Å². The number of cyclic esters (lactones) is 2. The van der Waals surface area contributed by atoms with Crippen LogP contribution >= 0.6 is 23.5 Å². The first-order chi connectivity index (χ1) is 35.5. The third-order valence-corrected chi connectivity index (χ3v) is 16.3. The third kappa shape index (κ3) is 9.03. The summed E-state index contributed by atoms with van der Waals surface area (Å²) in [4.78, 5) is 94.2. The van der Waals surface area contributed by atoms with Crippen molar-refractivity contribution in [2.75, 3.05) is 58.1 Å². The molecule has 4 aromatic carbocycles. The Kier molecular flexibility index (Phi) is 12.3. The molecule has 12 rings (SSSR count). The second-order valence-electron chi connectivity index (χ2n) is 18.8. The summed E-state index contributed by atoms with van der Waals surface area (Å²) in [5.41, 5.74) is 6.40. The maximum Gasteiger partial charge on any atom is 0.514 e. The average molecular weight is 1030 g/mol. The summed E-state index contributed by atoms with van der Waals surface area (Å²) in [5.74, 6) is 0.828. The van der Waals surface area contributed by atoms with E-state index in [4.69, 9.17) is 18.9 Å². The second-order valence-corrected chi connectivity index (χ2v) is 20.8. The number of hydrogen-bond donors (Lipinski definition) is 4. The minimum atomic E-state index is -0.921. The number of thioether (sulfide) groups is 2. The van der Waals surface area contributed by atoms with Crippen LogP contribution in [0.3, 0.4) is 0 Å². The van der Waals surface area contributed by atoms with E-state index in [9.17, 15) is 33.6 Å². The predicted molar refractivity (Wildman–Crippen MR) is 274 cm³/mol. The Morgan fingerprint density at radius 1 is 0.616 bits per heavy atom. The third-order valence-electron chi connectivity index (χ3n) is 14.2. The van der Waals surface area contributed by atoms with Crippen molar-refractivity contribution in [3.8, 4) is 5.75 Å². The van der Waals surface area contributed by atoms with Crippen LogP contribution in [0.5, 0.6) is 5.75 Å². The van der Waals surface area contributed by atoms with Crippen molar-refractivity contribution < 1.29 is 42.9 Å². The van der Waals surface area contributed by atoms with Gasteiger partial charge in [-0.15, -0.1) is 23.5 Å². The van der Waals surface area contributed by atoms with Gasteiger partial charge in [-0.3, -0.25) is 29.0 Å². The standard InChI is InChI=1S/C52H48N8O11S2/c61-44-26-72-42-13-6-29(19-37(42)55-44)57-21-31(69-50(57)65)3-1-17-53-39-23-59-46(63)15-10-33-28(5-8-34(39)48(33)59)25-68-52(67)71-41-12-9-35-40(24-60-47(64)16-11-36(41)49(35)60)54-18-2-4-32-22-58(51(66)70-32)30-7-14-43-38(20-30)56-45(62)27-73-43/h5-16,19-20,31-32,39-40,53-54H,1-4,17-18,21-27H2,(H,55,61)(H,56,62)/t31-,32-,39-,40-/m0/s1. The van der Waals surface area contributed by atoms with Gasteiger partial charge in [-0.25, -0.2) is 14.4 Å². The highest BCUT2D eigenvalue weighted by Gasteiger charge is 2.35. The quantitative estimate of drug-likeness (QED) is 0.0351. The van der Waals surface area contributed by atoms with Gasteiger partial charge in [-0.05, 0) is 110 Å². The molecule has 374 valence electrons. The first kappa shape index (κ1) is 46.7. The van der Waals surface area contributed by atoms with Gasteiger partial charge in [0.2, 0.25) is 11.8 Å². The zero-order chi connectivity index (χ0) is 49.9. The average Bonchev–Trinajstić information content (AvgIpc) is 4.17. The number of hydrogen-bond acceptors (Lipinski definition) is 15. The van der Waals surface area contributed by atoms with Gasteiger partial charge >= 0.3 is 18.3 Å². The van der Waals surface area contributed by atoms with Crippen molar-refractivity contribution in [2.24, 2.45) is 0 Å². The summed E-state index contributed by atoms with van der Waals surface area (Å²) in [6.45, 7) is 2.72. The number of amides is 4. The van der Waals surface area contributed by atoms with Gasteiger partial charge in [0.1, 0.15) is 24.6 Å². The number of pyridine rings is 2. The molecule has 19 nitrogen and oxygen atoms in total. The predicted octanol–water partition coefficient (Wildman–Crippen LogP) is 7.02. The molecule has 0 bridgehead atoms. The number of nitrogens with zero attached hydrogens (tertiary/aromatic N) is 4. The van der Waals surface area contributed by atoms with Crippen LogP contribution in [0.4, 0.5) is 37.1 Å². The summed E-state index contributed by atoms with van der Waals surface area (Å²) in [6.07, 6.45) is 0.320. The summed E-state index contributed by atoms with van der Waals surface area (Å²) in [7, 11) is 0. The monoisotopic (exact) mass is 1020 g/mol. The summed E-state index contributed by atoms with van der Waals surface area (Å²) >= 11 is 2.93. The Balaban J connectivity index is 0.633. The van der Waals surface area contributed by atoms with Crippen molar-refractivity contribution >= 4 is 98.2 Å². The number of carbonyl (C=O) groups excluding carboxylic acids is 5. The number of aromatic nitrogens is 2. The molecule has 4 N–H and O–H groups in total. The number of nitrogens with one attached hydrogen (secondary N) is 4. The first-order valence-electron chi connectivity index (χ1n) is 24.2. The Labute approximate surface area is 424 Å². The van der Waals surface area contributed by atoms with Gasteiger partial charge in [-0.1, -0.05) is 18.2 Å². The number of fused-ring (bicyclic) bond motifs is 2. The normalized spacial score (nSPS) is 20.5. The fourth-order valence-electron chi connectivity index (χ4n) is 10.7. The molecule has 6 aromatic rings. The maximum absolute atomic E-state index is 13.3. The molecular formula is C52H48N8O11S2. The van der Waals surface area contributed by atoms with Gasteiger partial charge in [0.15, 0.2) is 0 Å². The molecule has 4 atom stereocenters. The first-order valence-corrected chi connectivity index (χ1v) is 26.2. The van der Waals surface area contributed by atoms with Crippen molar-refractivity contribution in [1.82, 2.24) is 19.8 Å². The number of ether oxygens (including phenoxy) is 4. The Morgan fingerprint density at radius 3 is 1.70 bits per heavy atom. The van der Waals surface area contributed by atoms with Gasteiger partial charge in [0.25, 0.3) is 11.1 Å². The largest absolute Gasteiger partial charge is 0.514 e. The minimum absolute atomic E-state index is 0.0727. The number of carbonyl (C=O) groups is 5.